The number of rotatable bonds is 5. The van der Waals surface area contributed by atoms with Crippen molar-refractivity contribution in [3.8, 4) is 0 Å². The van der Waals surface area contributed by atoms with Gasteiger partial charge in [-0.1, -0.05) is 17.7 Å². The van der Waals surface area contributed by atoms with E-state index in [0.717, 1.165) is 11.4 Å². The molecule has 2 rings (SSSR count). The molecule has 2 aromatic rings. The minimum Gasteiger partial charge on any atom is -0.360 e. The highest BCUT2D eigenvalue weighted by Crippen LogP contribution is 2.10. The molecule has 106 valence electrons. The van der Waals surface area contributed by atoms with Gasteiger partial charge in [0.05, 0.1) is 18.1 Å². The third kappa shape index (κ3) is 4.32. The first-order chi connectivity index (χ1) is 9.67. The van der Waals surface area contributed by atoms with Gasteiger partial charge in [-0.2, -0.15) is 5.10 Å². The number of nitrogens with one attached hydrogen (secondary N) is 2. The van der Waals surface area contributed by atoms with Gasteiger partial charge in [-0.25, -0.2) is 4.68 Å². The van der Waals surface area contributed by atoms with Crippen LogP contribution in [-0.4, -0.2) is 21.5 Å². The average molecular weight is 290 g/mol. The van der Waals surface area contributed by atoms with Crippen LogP contribution in [0.3, 0.4) is 0 Å². The molecule has 1 heterocycles. The van der Waals surface area contributed by atoms with Gasteiger partial charge in [0.25, 0.3) is 0 Å². The number of hydrogen-bond acceptors (Lipinski definition) is 3. The van der Waals surface area contributed by atoms with E-state index in [-0.39, 0.29) is 0 Å². The summed E-state index contributed by atoms with van der Waals surface area (Å²) in [4.78, 5) is 0. The van der Waals surface area contributed by atoms with Crippen LogP contribution in [0.25, 0.3) is 0 Å². The third-order valence-corrected chi connectivity index (χ3v) is 2.83. The average Bonchev–Trinajstić information content (AvgIpc) is 2.86. The molecular formula is C14H18N4OS. The van der Waals surface area contributed by atoms with Crippen molar-refractivity contribution in [3.63, 3.8) is 0 Å². The number of aromatic nitrogens is 2. The van der Waals surface area contributed by atoms with Gasteiger partial charge in [0.15, 0.2) is 5.11 Å². The summed E-state index contributed by atoms with van der Waals surface area (Å²) in [6.45, 7) is 5.10. The van der Waals surface area contributed by atoms with E-state index in [1.54, 1.807) is 10.9 Å². The summed E-state index contributed by atoms with van der Waals surface area (Å²) < 4.78 is 6.98. The Morgan fingerprint density at radius 1 is 1.25 bits per heavy atom. The number of nitrogens with zero attached hydrogens (tertiary/aromatic N) is 2. The first kappa shape index (κ1) is 14.5. The summed E-state index contributed by atoms with van der Waals surface area (Å²) in [5.41, 5.74) is 3.00. The van der Waals surface area contributed by atoms with Gasteiger partial charge < -0.3 is 15.4 Å². The lowest BCUT2D eigenvalue weighted by Gasteiger charge is -2.09. The minimum absolute atomic E-state index is 0.441. The standard InChI is InChI=1S/C14H18N4OS/c1-3-19-10-18-9-13(8-15-18)17-14(20)16-12-6-4-11(2)5-7-12/h4-9H,3,10H2,1-2H3,(H2,16,17,20). The fourth-order valence-electron chi connectivity index (χ4n) is 1.61. The Kier molecular flexibility index (Phi) is 5.09. The zero-order valence-corrected chi connectivity index (χ0v) is 12.4. The van der Waals surface area contributed by atoms with Gasteiger partial charge in [-0.3, -0.25) is 0 Å². The van der Waals surface area contributed by atoms with Crippen LogP contribution < -0.4 is 10.6 Å². The molecule has 0 unspecified atom stereocenters. The first-order valence-electron chi connectivity index (χ1n) is 6.42. The van der Waals surface area contributed by atoms with Crippen LogP contribution in [0, 0.1) is 6.92 Å². The zero-order chi connectivity index (χ0) is 14.4. The Labute approximate surface area is 123 Å². The minimum atomic E-state index is 0.441. The van der Waals surface area contributed by atoms with E-state index in [2.05, 4.69) is 15.7 Å². The van der Waals surface area contributed by atoms with Crippen molar-refractivity contribution in [1.29, 1.82) is 0 Å². The molecule has 0 amide bonds. The van der Waals surface area contributed by atoms with Crippen molar-refractivity contribution in [3.05, 3.63) is 42.2 Å². The molecule has 1 aromatic heterocycles. The maximum atomic E-state index is 5.27. The molecule has 2 N–H and O–H groups in total. The van der Waals surface area contributed by atoms with E-state index in [4.69, 9.17) is 17.0 Å². The van der Waals surface area contributed by atoms with Crippen LogP contribution in [0.2, 0.25) is 0 Å². The number of ether oxygens (including phenoxy) is 1. The quantitative estimate of drug-likeness (QED) is 0.829. The predicted octanol–water partition coefficient (Wildman–Crippen LogP) is 2.99. The van der Waals surface area contributed by atoms with Crippen LogP contribution >= 0.6 is 12.2 Å². The van der Waals surface area contributed by atoms with Crippen LogP contribution in [-0.2, 0) is 11.5 Å². The highest BCUT2D eigenvalue weighted by molar-refractivity contribution is 7.80. The molecule has 0 fully saturated rings. The van der Waals surface area contributed by atoms with Crippen molar-refractivity contribution in [1.82, 2.24) is 9.78 Å². The van der Waals surface area contributed by atoms with Crippen LogP contribution in [0.15, 0.2) is 36.7 Å². The molecule has 0 bridgehead atoms. The molecule has 5 nitrogen and oxygen atoms in total. The first-order valence-corrected chi connectivity index (χ1v) is 6.83. The fraction of sp³-hybridized carbons (Fsp3) is 0.286. The second kappa shape index (κ2) is 7.02. The van der Waals surface area contributed by atoms with Gasteiger partial charge in [0, 0.05) is 12.3 Å². The second-order valence-corrected chi connectivity index (χ2v) is 4.74. The molecule has 0 spiro atoms. The van der Waals surface area contributed by atoms with E-state index >= 15 is 0 Å². The largest absolute Gasteiger partial charge is 0.360 e. The maximum absolute atomic E-state index is 5.27. The number of thiocarbonyl (C=S) groups is 1. The Balaban J connectivity index is 1.87. The molecular weight excluding hydrogens is 272 g/mol. The van der Waals surface area contributed by atoms with Crippen LogP contribution in [0.4, 0.5) is 11.4 Å². The number of benzene rings is 1. The summed E-state index contributed by atoms with van der Waals surface area (Å²) in [6.07, 6.45) is 3.56. The summed E-state index contributed by atoms with van der Waals surface area (Å²) in [6, 6.07) is 8.04. The zero-order valence-electron chi connectivity index (χ0n) is 11.6. The van der Waals surface area contributed by atoms with Crippen molar-refractivity contribution in [2.45, 2.75) is 20.6 Å². The summed E-state index contributed by atoms with van der Waals surface area (Å²) in [7, 11) is 0. The second-order valence-electron chi connectivity index (χ2n) is 4.34. The molecule has 1 aromatic carbocycles. The highest BCUT2D eigenvalue weighted by Gasteiger charge is 2.02. The molecule has 0 aliphatic carbocycles. The summed E-state index contributed by atoms with van der Waals surface area (Å²) in [5.74, 6) is 0. The van der Waals surface area contributed by atoms with Crippen LogP contribution in [0.5, 0.6) is 0 Å². The molecule has 20 heavy (non-hydrogen) atoms. The van der Waals surface area contributed by atoms with E-state index in [9.17, 15) is 0 Å². The smallest absolute Gasteiger partial charge is 0.175 e. The normalized spacial score (nSPS) is 10.3. The SMILES string of the molecule is CCOCn1cc(NC(=S)Nc2ccc(C)cc2)cn1. The Morgan fingerprint density at radius 2 is 1.95 bits per heavy atom. The van der Waals surface area contributed by atoms with Gasteiger partial charge in [-0.15, -0.1) is 0 Å². The maximum Gasteiger partial charge on any atom is 0.175 e. The van der Waals surface area contributed by atoms with E-state index in [0.29, 0.717) is 18.5 Å². The van der Waals surface area contributed by atoms with E-state index in [1.165, 1.54) is 5.56 Å². The third-order valence-electron chi connectivity index (χ3n) is 2.63. The number of aryl methyl sites for hydroxylation is 1. The number of hydrogen-bond donors (Lipinski definition) is 2. The van der Waals surface area contributed by atoms with Crippen molar-refractivity contribution < 1.29 is 4.74 Å². The van der Waals surface area contributed by atoms with Crippen molar-refractivity contribution in [2.75, 3.05) is 17.2 Å². The Bertz CT molecular complexity index is 565. The van der Waals surface area contributed by atoms with E-state index in [1.807, 2.05) is 44.3 Å². The molecule has 0 radical (unpaired) electrons. The molecule has 6 heteroatoms. The number of anilines is 2. The lowest BCUT2D eigenvalue weighted by atomic mass is 10.2. The van der Waals surface area contributed by atoms with Gasteiger partial charge in [0.2, 0.25) is 0 Å². The lowest BCUT2D eigenvalue weighted by molar-refractivity contribution is 0.0792. The van der Waals surface area contributed by atoms with E-state index < -0.39 is 0 Å². The Morgan fingerprint density at radius 3 is 2.65 bits per heavy atom. The topological polar surface area (TPSA) is 51.1 Å². The van der Waals surface area contributed by atoms with Crippen molar-refractivity contribution in [2.24, 2.45) is 0 Å². The van der Waals surface area contributed by atoms with Crippen molar-refractivity contribution >= 4 is 28.7 Å². The molecule has 0 aliphatic heterocycles. The lowest BCUT2D eigenvalue weighted by Crippen LogP contribution is -2.18. The molecule has 0 saturated heterocycles. The van der Waals surface area contributed by atoms with Gasteiger partial charge in [-0.05, 0) is 38.2 Å². The molecule has 0 saturated carbocycles. The van der Waals surface area contributed by atoms with Gasteiger partial charge >= 0.3 is 0 Å². The Hall–Kier alpha value is -1.92. The molecule has 0 atom stereocenters. The summed E-state index contributed by atoms with van der Waals surface area (Å²) in [5, 5.41) is 10.9. The summed E-state index contributed by atoms with van der Waals surface area (Å²) >= 11 is 5.26. The highest BCUT2D eigenvalue weighted by atomic mass is 32.1. The predicted molar refractivity (Wildman–Crippen MR) is 84.9 cm³/mol. The fourth-order valence-corrected chi connectivity index (χ4v) is 1.85. The monoisotopic (exact) mass is 290 g/mol. The molecule has 0 aliphatic rings. The van der Waals surface area contributed by atoms with Crippen LogP contribution in [0.1, 0.15) is 12.5 Å². The van der Waals surface area contributed by atoms with Gasteiger partial charge in [0.1, 0.15) is 6.73 Å².